The van der Waals surface area contributed by atoms with E-state index in [1.807, 2.05) is 12.1 Å². The van der Waals surface area contributed by atoms with Crippen LogP contribution in [-0.4, -0.2) is 41.7 Å². The summed E-state index contributed by atoms with van der Waals surface area (Å²) >= 11 is 0. The topological polar surface area (TPSA) is 43.8 Å². The summed E-state index contributed by atoms with van der Waals surface area (Å²) in [4.78, 5) is 16.3. The van der Waals surface area contributed by atoms with Gasteiger partial charge in [-0.15, -0.1) is 0 Å². The van der Waals surface area contributed by atoms with Crippen molar-refractivity contribution in [3.05, 3.63) is 65.2 Å². The highest BCUT2D eigenvalue weighted by Gasteiger charge is 2.30. The largest absolute Gasteiger partial charge is 0.478 e. The summed E-state index contributed by atoms with van der Waals surface area (Å²) in [5.41, 5.74) is 4.21. The molecule has 4 heteroatoms. The first kappa shape index (κ1) is 16.2. The molecule has 2 heterocycles. The Bertz CT molecular complexity index is 760. The second kappa shape index (κ2) is 6.89. The average molecular weight is 336 g/mol. The maximum Gasteiger partial charge on any atom is 0.335 e. The fourth-order valence-corrected chi connectivity index (χ4v) is 4.20. The fourth-order valence-electron chi connectivity index (χ4n) is 4.20. The molecule has 0 radical (unpaired) electrons. The van der Waals surface area contributed by atoms with E-state index in [0.29, 0.717) is 11.6 Å². The van der Waals surface area contributed by atoms with E-state index >= 15 is 0 Å². The number of aryl methyl sites for hydroxylation is 1. The zero-order chi connectivity index (χ0) is 17.2. The van der Waals surface area contributed by atoms with Gasteiger partial charge >= 0.3 is 5.97 Å². The van der Waals surface area contributed by atoms with E-state index in [9.17, 15) is 9.90 Å². The molecule has 0 bridgehead atoms. The fraction of sp³-hybridized carbons (Fsp3) is 0.381. The van der Waals surface area contributed by atoms with Gasteiger partial charge < -0.3 is 10.0 Å². The molecule has 0 saturated carbocycles. The molecular formula is C21H24N2O2. The van der Waals surface area contributed by atoms with Crippen molar-refractivity contribution in [2.45, 2.75) is 31.8 Å². The van der Waals surface area contributed by atoms with Crippen LogP contribution in [-0.2, 0) is 13.0 Å². The van der Waals surface area contributed by atoms with Gasteiger partial charge in [0.25, 0.3) is 0 Å². The maximum absolute atomic E-state index is 11.3. The highest BCUT2D eigenvalue weighted by molar-refractivity contribution is 5.88. The molecule has 1 saturated heterocycles. The molecule has 25 heavy (non-hydrogen) atoms. The number of hydrogen-bond acceptors (Lipinski definition) is 3. The van der Waals surface area contributed by atoms with E-state index in [1.54, 1.807) is 6.07 Å². The lowest BCUT2D eigenvalue weighted by atomic mass is 10.0. The van der Waals surface area contributed by atoms with Crippen molar-refractivity contribution in [1.29, 1.82) is 0 Å². The van der Waals surface area contributed by atoms with E-state index < -0.39 is 5.97 Å². The Hall–Kier alpha value is -2.33. The lowest BCUT2D eigenvalue weighted by molar-refractivity contribution is 0.0697. The van der Waals surface area contributed by atoms with Crippen LogP contribution in [0.15, 0.2) is 48.5 Å². The zero-order valence-electron chi connectivity index (χ0n) is 14.4. The molecule has 0 aromatic heterocycles. The van der Waals surface area contributed by atoms with Crippen molar-refractivity contribution in [2.24, 2.45) is 0 Å². The molecule has 0 amide bonds. The molecule has 4 nitrogen and oxygen atoms in total. The summed E-state index contributed by atoms with van der Waals surface area (Å²) in [6.45, 7) is 4.15. The van der Waals surface area contributed by atoms with Gasteiger partial charge in [-0.25, -0.2) is 4.79 Å². The lowest BCUT2D eigenvalue weighted by Crippen LogP contribution is -2.52. The Morgan fingerprint density at radius 1 is 1.12 bits per heavy atom. The van der Waals surface area contributed by atoms with Gasteiger partial charge in [0.2, 0.25) is 0 Å². The number of aromatic carboxylic acids is 1. The normalized spacial score (nSPS) is 20.5. The van der Waals surface area contributed by atoms with Crippen molar-refractivity contribution < 1.29 is 9.90 Å². The van der Waals surface area contributed by atoms with Crippen LogP contribution < -0.4 is 4.90 Å². The first-order valence-corrected chi connectivity index (χ1v) is 9.10. The van der Waals surface area contributed by atoms with Crippen molar-refractivity contribution in [2.75, 3.05) is 24.5 Å². The molecule has 1 atom stereocenters. The summed E-state index contributed by atoms with van der Waals surface area (Å²) in [5, 5.41) is 9.24. The Balaban J connectivity index is 1.52. The smallest absolute Gasteiger partial charge is 0.335 e. The number of carboxylic acids is 1. The van der Waals surface area contributed by atoms with Crippen LogP contribution in [0.4, 0.5) is 5.69 Å². The molecule has 2 aliphatic rings. The van der Waals surface area contributed by atoms with E-state index in [1.165, 1.54) is 23.2 Å². The van der Waals surface area contributed by atoms with E-state index in [2.05, 4.69) is 40.1 Å². The van der Waals surface area contributed by atoms with E-state index in [4.69, 9.17) is 0 Å². The third-order valence-electron chi connectivity index (χ3n) is 5.44. The van der Waals surface area contributed by atoms with Crippen LogP contribution in [0.25, 0.3) is 0 Å². The molecule has 2 aliphatic heterocycles. The van der Waals surface area contributed by atoms with Crippen molar-refractivity contribution in [1.82, 2.24) is 4.90 Å². The minimum Gasteiger partial charge on any atom is -0.478 e. The Kier molecular flexibility index (Phi) is 4.45. The number of hydrogen-bond donors (Lipinski definition) is 1. The molecule has 2 aromatic rings. The van der Waals surface area contributed by atoms with Crippen LogP contribution in [0.1, 0.15) is 34.3 Å². The monoisotopic (exact) mass is 336 g/mol. The van der Waals surface area contributed by atoms with Gasteiger partial charge in [0.1, 0.15) is 0 Å². The molecule has 0 aliphatic carbocycles. The standard InChI is InChI=1S/C21H24N2O2/c24-21(25)18-9-10-20-17(13-18)7-4-8-19-15-22(11-12-23(19)20)14-16-5-2-1-3-6-16/h1-3,5-6,9-10,13,19H,4,7-8,11-12,14-15H2,(H,24,25). The number of carbonyl (C=O) groups is 1. The molecule has 2 aromatic carbocycles. The summed E-state index contributed by atoms with van der Waals surface area (Å²) in [7, 11) is 0. The van der Waals surface area contributed by atoms with Gasteiger partial charge in [-0.3, -0.25) is 4.90 Å². The van der Waals surface area contributed by atoms with Gasteiger partial charge in [-0.1, -0.05) is 30.3 Å². The Morgan fingerprint density at radius 3 is 2.76 bits per heavy atom. The van der Waals surface area contributed by atoms with Gasteiger partial charge in [-0.05, 0) is 48.6 Å². The predicted octanol–water partition coefficient (Wildman–Crippen LogP) is 3.41. The quantitative estimate of drug-likeness (QED) is 0.933. The van der Waals surface area contributed by atoms with Crippen molar-refractivity contribution in [3.8, 4) is 0 Å². The number of carboxylic acid groups (broad SMARTS) is 1. The van der Waals surface area contributed by atoms with Gasteiger partial charge in [0.15, 0.2) is 0 Å². The van der Waals surface area contributed by atoms with Crippen LogP contribution in [0.3, 0.4) is 0 Å². The Morgan fingerprint density at radius 2 is 1.96 bits per heavy atom. The van der Waals surface area contributed by atoms with Gasteiger partial charge in [0.05, 0.1) is 5.56 Å². The molecule has 1 unspecified atom stereocenters. The minimum atomic E-state index is -0.837. The summed E-state index contributed by atoms with van der Waals surface area (Å²) in [6, 6.07) is 16.8. The first-order chi connectivity index (χ1) is 12.2. The van der Waals surface area contributed by atoms with E-state index in [0.717, 1.165) is 39.0 Å². The minimum absolute atomic E-state index is 0.403. The van der Waals surface area contributed by atoms with Crippen molar-refractivity contribution in [3.63, 3.8) is 0 Å². The summed E-state index contributed by atoms with van der Waals surface area (Å²) in [6.07, 6.45) is 3.26. The molecule has 1 N–H and O–H groups in total. The third kappa shape index (κ3) is 3.40. The number of fused-ring (bicyclic) bond motifs is 3. The second-order valence-electron chi connectivity index (χ2n) is 7.11. The highest BCUT2D eigenvalue weighted by atomic mass is 16.4. The predicted molar refractivity (Wildman–Crippen MR) is 99.2 cm³/mol. The van der Waals surface area contributed by atoms with E-state index in [-0.39, 0.29) is 0 Å². The highest BCUT2D eigenvalue weighted by Crippen LogP contribution is 2.32. The number of rotatable bonds is 3. The molecule has 130 valence electrons. The maximum atomic E-state index is 11.3. The average Bonchev–Trinajstić information content (AvgIpc) is 2.80. The van der Waals surface area contributed by atoms with Gasteiger partial charge in [0, 0.05) is 37.9 Å². The number of anilines is 1. The molecule has 4 rings (SSSR count). The molecule has 1 fully saturated rings. The van der Waals surface area contributed by atoms with Crippen LogP contribution in [0.5, 0.6) is 0 Å². The van der Waals surface area contributed by atoms with Crippen LogP contribution in [0.2, 0.25) is 0 Å². The second-order valence-corrected chi connectivity index (χ2v) is 7.11. The number of piperazine rings is 1. The van der Waals surface area contributed by atoms with Crippen molar-refractivity contribution >= 4 is 11.7 Å². The Labute approximate surface area is 148 Å². The SMILES string of the molecule is O=C(O)c1ccc2c(c1)CCCC1CN(Cc3ccccc3)CCN21. The lowest BCUT2D eigenvalue weighted by Gasteiger charge is -2.42. The number of nitrogens with zero attached hydrogens (tertiary/aromatic N) is 2. The van der Waals surface area contributed by atoms with Crippen LogP contribution >= 0.6 is 0 Å². The van der Waals surface area contributed by atoms with Gasteiger partial charge in [-0.2, -0.15) is 0 Å². The summed E-state index contributed by atoms with van der Waals surface area (Å²) in [5.74, 6) is -0.837. The molecule has 0 spiro atoms. The number of benzene rings is 2. The summed E-state index contributed by atoms with van der Waals surface area (Å²) < 4.78 is 0. The molecular weight excluding hydrogens is 312 g/mol. The first-order valence-electron chi connectivity index (χ1n) is 9.10. The zero-order valence-corrected chi connectivity index (χ0v) is 14.4. The van der Waals surface area contributed by atoms with Crippen LogP contribution in [0, 0.1) is 0 Å². The third-order valence-corrected chi connectivity index (χ3v) is 5.44.